The number of anilines is 1. The molecule has 1 N–H and O–H groups in total. The Morgan fingerprint density at radius 2 is 1.89 bits per heavy atom. The first-order chi connectivity index (χ1) is 13.5. The van der Waals surface area contributed by atoms with Crippen LogP contribution in [0.25, 0.3) is 0 Å². The van der Waals surface area contributed by atoms with E-state index >= 15 is 0 Å². The van der Waals surface area contributed by atoms with Crippen molar-refractivity contribution in [2.24, 2.45) is 5.92 Å². The fourth-order valence-corrected chi connectivity index (χ4v) is 3.25. The van der Waals surface area contributed by atoms with Crippen LogP contribution >= 0.6 is 11.6 Å². The highest BCUT2D eigenvalue weighted by Crippen LogP contribution is 2.40. The molecular formula is C20H21ClN2O5. The van der Waals surface area contributed by atoms with E-state index in [9.17, 15) is 9.59 Å². The molecule has 2 aromatic carbocycles. The van der Waals surface area contributed by atoms with Crippen molar-refractivity contribution in [2.75, 3.05) is 25.7 Å². The van der Waals surface area contributed by atoms with E-state index in [1.165, 1.54) is 19.1 Å². The van der Waals surface area contributed by atoms with Gasteiger partial charge in [0.15, 0.2) is 0 Å². The molecule has 1 atom stereocenters. The molecule has 148 valence electrons. The van der Waals surface area contributed by atoms with Gasteiger partial charge in [-0.25, -0.2) is 5.48 Å². The van der Waals surface area contributed by atoms with Crippen LogP contribution in [0.4, 0.5) is 5.69 Å². The highest BCUT2D eigenvalue weighted by atomic mass is 35.5. The SMILES string of the molecule is COc1cc(OC)c(N2C[C@@H](C(=O)NOCc3ccccc3)CC2=O)cc1Cl. The molecule has 3 rings (SSSR count). The van der Waals surface area contributed by atoms with Gasteiger partial charge in [-0.15, -0.1) is 0 Å². The van der Waals surface area contributed by atoms with Crippen LogP contribution in [-0.2, 0) is 21.0 Å². The van der Waals surface area contributed by atoms with Gasteiger partial charge in [0.05, 0.1) is 37.5 Å². The third kappa shape index (κ3) is 4.37. The fourth-order valence-electron chi connectivity index (χ4n) is 3.02. The number of ether oxygens (including phenoxy) is 2. The normalized spacial score (nSPS) is 16.2. The molecule has 0 spiro atoms. The summed E-state index contributed by atoms with van der Waals surface area (Å²) in [6, 6.07) is 12.7. The second-order valence-electron chi connectivity index (χ2n) is 6.30. The van der Waals surface area contributed by atoms with E-state index in [-0.39, 0.29) is 31.4 Å². The zero-order valence-corrected chi connectivity index (χ0v) is 16.4. The zero-order valence-electron chi connectivity index (χ0n) is 15.6. The molecule has 0 radical (unpaired) electrons. The summed E-state index contributed by atoms with van der Waals surface area (Å²) in [5, 5.41) is 0.352. The summed E-state index contributed by atoms with van der Waals surface area (Å²) >= 11 is 6.19. The quantitative estimate of drug-likeness (QED) is 0.718. The highest BCUT2D eigenvalue weighted by Gasteiger charge is 2.36. The summed E-state index contributed by atoms with van der Waals surface area (Å²) in [5.41, 5.74) is 3.86. The van der Waals surface area contributed by atoms with E-state index in [4.69, 9.17) is 25.9 Å². The molecule has 0 aromatic heterocycles. The second-order valence-corrected chi connectivity index (χ2v) is 6.71. The van der Waals surface area contributed by atoms with Gasteiger partial charge in [0.25, 0.3) is 0 Å². The molecule has 8 heteroatoms. The van der Waals surface area contributed by atoms with E-state index in [1.807, 2.05) is 30.3 Å². The van der Waals surface area contributed by atoms with Gasteiger partial charge in [0.1, 0.15) is 11.5 Å². The van der Waals surface area contributed by atoms with Crippen molar-refractivity contribution in [3.63, 3.8) is 0 Å². The summed E-state index contributed by atoms with van der Waals surface area (Å²) in [7, 11) is 2.99. The van der Waals surface area contributed by atoms with Crippen LogP contribution in [0.15, 0.2) is 42.5 Å². The molecular weight excluding hydrogens is 384 g/mol. The number of methoxy groups -OCH3 is 2. The molecule has 0 bridgehead atoms. The Kier molecular flexibility index (Phi) is 6.38. The number of rotatable bonds is 7. The lowest BCUT2D eigenvalue weighted by Gasteiger charge is -2.21. The summed E-state index contributed by atoms with van der Waals surface area (Å²) in [5.74, 6) is -0.185. The maximum absolute atomic E-state index is 12.5. The number of hydroxylamine groups is 1. The minimum atomic E-state index is -0.533. The lowest BCUT2D eigenvalue weighted by Crippen LogP contribution is -2.33. The Morgan fingerprint density at radius 1 is 1.18 bits per heavy atom. The molecule has 0 saturated carbocycles. The molecule has 1 fully saturated rings. The standard InChI is InChI=1S/C20H21ClN2O5/c1-26-17-10-18(27-2)16(9-15(17)21)23-11-14(8-19(23)24)20(25)22-28-12-13-6-4-3-5-7-13/h3-7,9-10,14H,8,11-12H2,1-2H3,(H,22,25)/t14-/m0/s1. The van der Waals surface area contributed by atoms with E-state index in [0.717, 1.165) is 5.56 Å². The largest absolute Gasteiger partial charge is 0.495 e. The zero-order chi connectivity index (χ0) is 20.1. The molecule has 1 heterocycles. The molecule has 2 aromatic rings. The van der Waals surface area contributed by atoms with Gasteiger partial charge in [-0.2, -0.15) is 0 Å². The van der Waals surface area contributed by atoms with Crippen LogP contribution in [0.5, 0.6) is 11.5 Å². The van der Waals surface area contributed by atoms with Gasteiger partial charge in [-0.3, -0.25) is 14.4 Å². The van der Waals surface area contributed by atoms with Crippen molar-refractivity contribution >= 4 is 29.1 Å². The van der Waals surface area contributed by atoms with E-state index < -0.39 is 5.92 Å². The van der Waals surface area contributed by atoms with Crippen LogP contribution < -0.4 is 19.9 Å². The minimum absolute atomic E-state index is 0.0767. The van der Waals surface area contributed by atoms with Crippen molar-refractivity contribution in [1.82, 2.24) is 5.48 Å². The number of nitrogens with one attached hydrogen (secondary N) is 1. The van der Waals surface area contributed by atoms with Crippen molar-refractivity contribution in [1.29, 1.82) is 0 Å². The molecule has 7 nitrogen and oxygen atoms in total. The summed E-state index contributed by atoms with van der Waals surface area (Å²) in [6.07, 6.45) is 0.0767. The number of carbonyl (C=O) groups is 2. The Balaban J connectivity index is 1.65. The van der Waals surface area contributed by atoms with Crippen LogP contribution in [0.3, 0.4) is 0 Å². The number of benzene rings is 2. The summed E-state index contributed by atoms with van der Waals surface area (Å²) in [6.45, 7) is 0.456. The lowest BCUT2D eigenvalue weighted by atomic mass is 10.1. The van der Waals surface area contributed by atoms with Gasteiger partial charge >= 0.3 is 0 Å². The average Bonchev–Trinajstić information content (AvgIpc) is 3.10. The number of nitrogens with zero attached hydrogens (tertiary/aromatic N) is 1. The van der Waals surface area contributed by atoms with Crippen molar-refractivity contribution < 1.29 is 23.9 Å². The highest BCUT2D eigenvalue weighted by molar-refractivity contribution is 6.32. The number of halogens is 1. The number of hydrogen-bond donors (Lipinski definition) is 1. The average molecular weight is 405 g/mol. The van der Waals surface area contributed by atoms with E-state index in [0.29, 0.717) is 22.2 Å². The minimum Gasteiger partial charge on any atom is -0.495 e. The Labute approximate surface area is 168 Å². The van der Waals surface area contributed by atoms with Crippen LogP contribution in [0.2, 0.25) is 5.02 Å². The maximum atomic E-state index is 12.5. The van der Waals surface area contributed by atoms with E-state index in [2.05, 4.69) is 5.48 Å². The number of amides is 2. The molecule has 0 unspecified atom stereocenters. The molecule has 1 aliphatic heterocycles. The van der Waals surface area contributed by atoms with Crippen molar-refractivity contribution in [3.05, 3.63) is 53.1 Å². The van der Waals surface area contributed by atoms with Gasteiger partial charge in [-0.05, 0) is 11.6 Å². The van der Waals surface area contributed by atoms with Crippen LogP contribution in [0.1, 0.15) is 12.0 Å². The Morgan fingerprint density at radius 3 is 2.57 bits per heavy atom. The fraction of sp³-hybridized carbons (Fsp3) is 0.300. The van der Waals surface area contributed by atoms with Crippen molar-refractivity contribution in [2.45, 2.75) is 13.0 Å². The number of carbonyl (C=O) groups excluding carboxylic acids is 2. The second kappa shape index (κ2) is 8.95. The number of hydrogen-bond acceptors (Lipinski definition) is 5. The molecule has 2 amide bonds. The molecule has 28 heavy (non-hydrogen) atoms. The van der Waals surface area contributed by atoms with Gasteiger partial charge < -0.3 is 14.4 Å². The first-order valence-electron chi connectivity index (χ1n) is 8.71. The smallest absolute Gasteiger partial charge is 0.248 e. The Bertz CT molecular complexity index is 859. The third-order valence-electron chi connectivity index (χ3n) is 4.49. The third-order valence-corrected chi connectivity index (χ3v) is 4.79. The topological polar surface area (TPSA) is 77.1 Å². The lowest BCUT2D eigenvalue weighted by molar-refractivity contribution is -0.138. The monoisotopic (exact) mass is 404 g/mol. The first-order valence-corrected chi connectivity index (χ1v) is 9.08. The molecule has 0 aliphatic carbocycles. The summed E-state index contributed by atoms with van der Waals surface area (Å²) in [4.78, 5) is 31.6. The van der Waals surface area contributed by atoms with Gasteiger partial charge in [0, 0.05) is 19.0 Å². The summed E-state index contributed by atoms with van der Waals surface area (Å²) < 4.78 is 10.5. The predicted octanol–water partition coefficient (Wildman–Crippen LogP) is 2.96. The van der Waals surface area contributed by atoms with Gasteiger partial charge in [0.2, 0.25) is 11.8 Å². The molecule has 1 saturated heterocycles. The van der Waals surface area contributed by atoms with Crippen LogP contribution in [-0.4, -0.2) is 32.6 Å². The predicted molar refractivity (Wildman–Crippen MR) is 104 cm³/mol. The van der Waals surface area contributed by atoms with E-state index in [1.54, 1.807) is 12.1 Å². The maximum Gasteiger partial charge on any atom is 0.248 e. The van der Waals surface area contributed by atoms with Gasteiger partial charge in [-0.1, -0.05) is 41.9 Å². The van der Waals surface area contributed by atoms with Crippen molar-refractivity contribution in [3.8, 4) is 11.5 Å². The van der Waals surface area contributed by atoms with Crippen LogP contribution in [0, 0.1) is 5.92 Å². The molecule has 1 aliphatic rings. The first kappa shape index (κ1) is 20.0. The Hall–Kier alpha value is -2.77.